The molecule has 0 radical (unpaired) electrons. The Morgan fingerprint density at radius 1 is 0.952 bits per heavy atom. The topological polar surface area (TPSA) is 0 Å². The van der Waals surface area contributed by atoms with Gasteiger partial charge in [0.2, 0.25) is 0 Å². The monoisotopic (exact) mass is 332 g/mol. The first kappa shape index (κ1) is 18.1. The molecular weight excluding hydrogens is 318 g/mol. The zero-order valence-corrected chi connectivity index (χ0v) is 12.2. The maximum atomic E-state index is 12.8. The van der Waals surface area contributed by atoms with Crippen LogP contribution in [0, 0.1) is 5.92 Å². The summed E-state index contributed by atoms with van der Waals surface area (Å²) >= 11 is 5.61. The van der Waals surface area contributed by atoms with E-state index in [0.29, 0.717) is 24.0 Å². The first-order valence-corrected chi connectivity index (χ1v) is 6.85. The molecule has 7 heteroatoms. The molecule has 1 aromatic carbocycles. The van der Waals surface area contributed by atoms with Gasteiger partial charge in [-0.15, -0.1) is 11.6 Å². The SMILES string of the molecule is CCc1ccc(CC)c(C(Cl)C(C(F)(F)F)C(F)(F)F)c1. The van der Waals surface area contributed by atoms with Crippen molar-refractivity contribution in [1.29, 1.82) is 0 Å². The molecule has 0 aliphatic heterocycles. The van der Waals surface area contributed by atoms with Crippen LogP contribution >= 0.6 is 11.6 Å². The second-order valence-corrected chi connectivity index (χ2v) is 5.17. The van der Waals surface area contributed by atoms with Crippen molar-refractivity contribution in [3.8, 4) is 0 Å². The van der Waals surface area contributed by atoms with Crippen LogP contribution in [0.3, 0.4) is 0 Å². The number of halogens is 7. The molecular formula is C14H15ClF6. The van der Waals surface area contributed by atoms with E-state index in [-0.39, 0.29) is 5.56 Å². The summed E-state index contributed by atoms with van der Waals surface area (Å²) in [5.41, 5.74) is 0.944. The zero-order chi connectivity index (χ0) is 16.4. The lowest BCUT2D eigenvalue weighted by atomic mass is 9.91. The summed E-state index contributed by atoms with van der Waals surface area (Å²) < 4.78 is 76.6. The minimum atomic E-state index is -5.45. The molecule has 0 aromatic heterocycles. The van der Waals surface area contributed by atoms with Crippen LogP contribution in [-0.4, -0.2) is 12.4 Å². The van der Waals surface area contributed by atoms with E-state index < -0.39 is 23.6 Å². The van der Waals surface area contributed by atoms with Crippen molar-refractivity contribution in [2.75, 3.05) is 0 Å². The lowest BCUT2D eigenvalue weighted by Gasteiger charge is -2.28. The first-order valence-electron chi connectivity index (χ1n) is 6.41. The molecule has 0 N–H and O–H groups in total. The molecule has 1 unspecified atom stereocenters. The van der Waals surface area contributed by atoms with Gasteiger partial charge in [-0.1, -0.05) is 32.0 Å². The quantitative estimate of drug-likeness (QED) is 0.480. The van der Waals surface area contributed by atoms with Gasteiger partial charge in [-0.2, -0.15) is 26.3 Å². The summed E-state index contributed by atoms with van der Waals surface area (Å²) in [5.74, 6) is -3.58. The lowest BCUT2D eigenvalue weighted by Crippen LogP contribution is -2.39. The predicted octanol–water partition coefficient (Wildman–Crippen LogP) is 5.83. The summed E-state index contributed by atoms with van der Waals surface area (Å²) in [6.07, 6.45) is -10.1. The highest BCUT2D eigenvalue weighted by Crippen LogP contribution is 2.49. The third-order valence-electron chi connectivity index (χ3n) is 3.29. The molecule has 0 fully saturated rings. The maximum absolute atomic E-state index is 12.8. The van der Waals surface area contributed by atoms with E-state index in [1.807, 2.05) is 0 Å². The molecule has 0 aliphatic carbocycles. The second-order valence-electron chi connectivity index (χ2n) is 4.70. The highest BCUT2D eigenvalue weighted by molar-refractivity contribution is 6.21. The number of benzene rings is 1. The molecule has 0 amide bonds. The summed E-state index contributed by atoms with van der Waals surface area (Å²) in [7, 11) is 0. The Labute approximate surface area is 124 Å². The summed E-state index contributed by atoms with van der Waals surface area (Å²) in [6, 6.07) is 4.55. The highest BCUT2D eigenvalue weighted by Gasteiger charge is 2.60. The minimum Gasteiger partial charge on any atom is -0.170 e. The zero-order valence-electron chi connectivity index (χ0n) is 11.4. The van der Waals surface area contributed by atoms with Crippen LogP contribution < -0.4 is 0 Å². The Balaban J connectivity index is 3.35. The number of aryl methyl sites for hydroxylation is 2. The highest BCUT2D eigenvalue weighted by atomic mass is 35.5. The van der Waals surface area contributed by atoms with Crippen molar-refractivity contribution >= 4 is 11.6 Å². The van der Waals surface area contributed by atoms with Crippen LogP contribution in [0.1, 0.15) is 35.9 Å². The molecule has 0 heterocycles. The van der Waals surface area contributed by atoms with Crippen molar-refractivity contribution in [3.63, 3.8) is 0 Å². The summed E-state index contributed by atoms with van der Waals surface area (Å²) in [5, 5.41) is -2.19. The number of rotatable bonds is 4. The molecule has 0 aliphatic rings. The number of hydrogen-bond donors (Lipinski definition) is 0. The fourth-order valence-electron chi connectivity index (χ4n) is 2.14. The van der Waals surface area contributed by atoms with E-state index in [9.17, 15) is 26.3 Å². The summed E-state index contributed by atoms with van der Waals surface area (Å²) in [6.45, 7) is 3.42. The van der Waals surface area contributed by atoms with Gasteiger partial charge < -0.3 is 0 Å². The van der Waals surface area contributed by atoms with E-state index >= 15 is 0 Å². The van der Waals surface area contributed by atoms with Gasteiger partial charge in [0, 0.05) is 0 Å². The van der Waals surface area contributed by atoms with Gasteiger partial charge in [0.1, 0.15) is 0 Å². The molecule has 120 valence electrons. The van der Waals surface area contributed by atoms with Crippen molar-refractivity contribution in [2.45, 2.75) is 44.4 Å². The minimum absolute atomic E-state index is 0.0989. The van der Waals surface area contributed by atoms with Crippen LogP contribution in [0.15, 0.2) is 18.2 Å². The smallest absolute Gasteiger partial charge is 0.170 e. The third-order valence-corrected chi connectivity index (χ3v) is 3.78. The van der Waals surface area contributed by atoms with Crippen molar-refractivity contribution in [2.24, 2.45) is 5.92 Å². The third kappa shape index (κ3) is 4.28. The molecule has 0 spiro atoms. The van der Waals surface area contributed by atoms with Crippen LogP contribution in [0.2, 0.25) is 0 Å². The van der Waals surface area contributed by atoms with Crippen LogP contribution in [0.25, 0.3) is 0 Å². The van der Waals surface area contributed by atoms with Crippen molar-refractivity contribution in [1.82, 2.24) is 0 Å². The van der Waals surface area contributed by atoms with Gasteiger partial charge in [-0.3, -0.25) is 0 Å². The fraction of sp³-hybridized carbons (Fsp3) is 0.571. The Hall–Kier alpha value is -0.910. The van der Waals surface area contributed by atoms with Gasteiger partial charge in [0.15, 0.2) is 5.92 Å². The van der Waals surface area contributed by atoms with Gasteiger partial charge in [-0.25, -0.2) is 0 Å². The predicted molar refractivity (Wildman–Crippen MR) is 69.4 cm³/mol. The Bertz CT molecular complexity index is 463. The van der Waals surface area contributed by atoms with Gasteiger partial charge in [0.05, 0.1) is 5.38 Å². The molecule has 0 nitrogen and oxygen atoms in total. The Morgan fingerprint density at radius 3 is 1.86 bits per heavy atom. The van der Waals surface area contributed by atoms with E-state index in [1.54, 1.807) is 19.9 Å². The van der Waals surface area contributed by atoms with E-state index in [0.717, 1.165) is 0 Å². The fourth-order valence-corrected chi connectivity index (χ4v) is 2.63. The van der Waals surface area contributed by atoms with E-state index in [2.05, 4.69) is 0 Å². The standard InChI is InChI=1S/C14H15ClF6/c1-3-8-5-6-9(4-2)10(7-8)11(15)12(13(16,17)18)14(19,20)21/h5-7,11-12H,3-4H2,1-2H3. The van der Waals surface area contributed by atoms with Gasteiger partial charge in [-0.05, 0) is 29.5 Å². The van der Waals surface area contributed by atoms with Crippen LogP contribution in [0.5, 0.6) is 0 Å². The molecule has 21 heavy (non-hydrogen) atoms. The van der Waals surface area contributed by atoms with Crippen molar-refractivity contribution in [3.05, 3.63) is 34.9 Å². The maximum Gasteiger partial charge on any atom is 0.402 e. The molecule has 1 aromatic rings. The Kier molecular flexibility index (Phi) is 5.58. The molecule has 1 atom stereocenters. The first-order chi connectivity index (χ1) is 9.52. The molecule has 1 rings (SSSR count). The molecule has 0 saturated heterocycles. The van der Waals surface area contributed by atoms with E-state index in [4.69, 9.17) is 11.6 Å². The average molecular weight is 333 g/mol. The Morgan fingerprint density at radius 2 is 1.48 bits per heavy atom. The normalized spacial score (nSPS) is 14.6. The van der Waals surface area contributed by atoms with E-state index in [1.165, 1.54) is 12.1 Å². The number of hydrogen-bond acceptors (Lipinski definition) is 0. The second kappa shape index (κ2) is 6.46. The lowest BCUT2D eigenvalue weighted by molar-refractivity contribution is -0.284. The largest absolute Gasteiger partial charge is 0.402 e. The number of alkyl halides is 7. The molecule has 0 bridgehead atoms. The molecule has 0 saturated carbocycles. The van der Waals surface area contributed by atoms with Crippen molar-refractivity contribution < 1.29 is 26.3 Å². The van der Waals surface area contributed by atoms with Crippen LogP contribution in [0.4, 0.5) is 26.3 Å². The van der Waals surface area contributed by atoms with Gasteiger partial charge >= 0.3 is 12.4 Å². The van der Waals surface area contributed by atoms with Crippen LogP contribution in [-0.2, 0) is 12.8 Å². The summed E-state index contributed by atoms with van der Waals surface area (Å²) in [4.78, 5) is 0. The van der Waals surface area contributed by atoms with Gasteiger partial charge in [0.25, 0.3) is 0 Å². The average Bonchev–Trinajstić information content (AvgIpc) is 2.34.